The smallest absolute Gasteiger partial charge is 0.274 e. The van der Waals surface area contributed by atoms with Crippen LogP contribution < -0.4 is 0 Å². The Morgan fingerprint density at radius 3 is 2.62 bits per heavy atom. The van der Waals surface area contributed by atoms with Crippen LogP contribution in [0.2, 0.25) is 4.34 Å². The number of aromatic nitrogens is 2. The number of rotatable bonds is 5. The minimum Gasteiger partial charge on any atom is -0.335 e. The van der Waals surface area contributed by atoms with Crippen LogP contribution in [-0.2, 0) is 13.1 Å². The molecule has 2 aromatic rings. The predicted molar refractivity (Wildman–Crippen MR) is 88.7 cm³/mol. The van der Waals surface area contributed by atoms with Gasteiger partial charge in [0.05, 0.1) is 4.34 Å². The lowest BCUT2D eigenvalue weighted by atomic mass is 10.2. The topological polar surface area (TPSA) is 41.4 Å². The Hall–Kier alpha value is -1.51. The van der Waals surface area contributed by atoms with Gasteiger partial charge in [0.25, 0.3) is 12.3 Å². The van der Waals surface area contributed by atoms with Gasteiger partial charge < -0.3 is 4.90 Å². The van der Waals surface area contributed by atoms with E-state index in [-0.39, 0.29) is 11.6 Å². The SMILES string of the molecule is O=C(c1ccn(CC(F)F)n1)N1CCN(Cc2ccc(Cl)s2)CC1. The number of halogens is 3. The van der Waals surface area contributed by atoms with Crippen LogP contribution in [0.25, 0.3) is 0 Å². The van der Waals surface area contributed by atoms with E-state index in [1.807, 2.05) is 12.1 Å². The highest BCUT2D eigenvalue weighted by Crippen LogP contribution is 2.23. The van der Waals surface area contributed by atoms with E-state index in [0.29, 0.717) is 13.1 Å². The van der Waals surface area contributed by atoms with Crippen LogP contribution in [0.15, 0.2) is 24.4 Å². The highest BCUT2D eigenvalue weighted by molar-refractivity contribution is 7.16. The molecular weight excluding hydrogens is 358 g/mol. The maximum absolute atomic E-state index is 12.4. The van der Waals surface area contributed by atoms with Crippen molar-refractivity contribution in [2.45, 2.75) is 19.5 Å². The van der Waals surface area contributed by atoms with Gasteiger partial charge in [-0.3, -0.25) is 14.4 Å². The molecule has 3 rings (SSSR count). The monoisotopic (exact) mass is 374 g/mol. The minimum absolute atomic E-state index is 0.207. The van der Waals surface area contributed by atoms with Crippen LogP contribution in [-0.4, -0.2) is 58.1 Å². The number of carbonyl (C=O) groups excluding carboxylic acids is 1. The van der Waals surface area contributed by atoms with Gasteiger partial charge in [0, 0.05) is 43.8 Å². The van der Waals surface area contributed by atoms with Crippen LogP contribution >= 0.6 is 22.9 Å². The van der Waals surface area contributed by atoms with Crippen molar-refractivity contribution in [2.75, 3.05) is 26.2 Å². The zero-order chi connectivity index (χ0) is 17.1. The second-order valence-corrected chi connectivity index (χ2v) is 7.39. The Kier molecular flexibility index (Phi) is 5.47. The summed E-state index contributed by atoms with van der Waals surface area (Å²) in [7, 11) is 0. The minimum atomic E-state index is -2.48. The summed E-state index contributed by atoms with van der Waals surface area (Å²) in [6, 6.07) is 5.39. The fourth-order valence-electron chi connectivity index (χ4n) is 2.65. The van der Waals surface area contributed by atoms with Crippen molar-refractivity contribution >= 4 is 28.8 Å². The molecule has 24 heavy (non-hydrogen) atoms. The molecule has 130 valence electrons. The summed E-state index contributed by atoms with van der Waals surface area (Å²) in [6.07, 6.45) is -1.07. The van der Waals surface area contributed by atoms with E-state index in [0.717, 1.165) is 28.7 Å². The summed E-state index contributed by atoms with van der Waals surface area (Å²) < 4.78 is 26.6. The van der Waals surface area contributed by atoms with Crippen LogP contribution in [0.1, 0.15) is 15.4 Å². The van der Waals surface area contributed by atoms with Crippen LogP contribution in [0.3, 0.4) is 0 Å². The van der Waals surface area contributed by atoms with Crippen LogP contribution in [0.4, 0.5) is 8.78 Å². The lowest BCUT2D eigenvalue weighted by molar-refractivity contribution is 0.0620. The maximum atomic E-state index is 12.4. The number of amides is 1. The molecule has 2 aromatic heterocycles. The van der Waals surface area contributed by atoms with Gasteiger partial charge in [-0.25, -0.2) is 8.78 Å². The van der Waals surface area contributed by atoms with Crippen molar-refractivity contribution in [1.82, 2.24) is 19.6 Å². The molecule has 1 fully saturated rings. The summed E-state index contributed by atoms with van der Waals surface area (Å²) in [6.45, 7) is 3.05. The molecule has 0 N–H and O–H groups in total. The van der Waals surface area contributed by atoms with E-state index in [9.17, 15) is 13.6 Å². The molecular formula is C15H17ClF2N4OS. The van der Waals surface area contributed by atoms with Gasteiger partial charge in [0.1, 0.15) is 12.2 Å². The Bertz CT molecular complexity index is 697. The molecule has 1 aliphatic rings. The molecule has 3 heterocycles. The second-order valence-electron chi connectivity index (χ2n) is 5.59. The third-order valence-electron chi connectivity index (χ3n) is 3.85. The molecule has 5 nitrogen and oxygen atoms in total. The van der Waals surface area contributed by atoms with Gasteiger partial charge in [0.2, 0.25) is 0 Å². The van der Waals surface area contributed by atoms with E-state index in [1.165, 1.54) is 17.1 Å². The molecule has 9 heteroatoms. The Morgan fingerprint density at radius 1 is 1.25 bits per heavy atom. The van der Waals surface area contributed by atoms with Gasteiger partial charge in [-0.2, -0.15) is 5.10 Å². The van der Waals surface area contributed by atoms with E-state index in [2.05, 4.69) is 10.00 Å². The number of carbonyl (C=O) groups is 1. The van der Waals surface area contributed by atoms with E-state index in [1.54, 1.807) is 16.2 Å². The van der Waals surface area contributed by atoms with Gasteiger partial charge in [-0.05, 0) is 18.2 Å². The van der Waals surface area contributed by atoms with Crippen molar-refractivity contribution in [2.24, 2.45) is 0 Å². The number of hydrogen-bond donors (Lipinski definition) is 0. The van der Waals surface area contributed by atoms with E-state index >= 15 is 0 Å². The highest BCUT2D eigenvalue weighted by atomic mass is 35.5. The summed E-state index contributed by atoms with van der Waals surface area (Å²) in [4.78, 5) is 17.6. The summed E-state index contributed by atoms with van der Waals surface area (Å²) in [5.74, 6) is -0.207. The van der Waals surface area contributed by atoms with Gasteiger partial charge in [0.15, 0.2) is 0 Å². The van der Waals surface area contributed by atoms with Crippen molar-refractivity contribution in [1.29, 1.82) is 0 Å². The molecule has 0 radical (unpaired) electrons. The molecule has 0 bridgehead atoms. The van der Waals surface area contributed by atoms with Crippen LogP contribution in [0.5, 0.6) is 0 Å². The number of piperazine rings is 1. The first kappa shape index (κ1) is 17.3. The first-order valence-electron chi connectivity index (χ1n) is 7.59. The second kappa shape index (κ2) is 7.58. The molecule has 0 aliphatic carbocycles. The normalized spacial score (nSPS) is 16.1. The lowest BCUT2D eigenvalue weighted by Crippen LogP contribution is -2.48. The molecule has 0 spiro atoms. The number of thiophene rings is 1. The molecule has 0 saturated carbocycles. The Morgan fingerprint density at radius 2 is 2.00 bits per heavy atom. The van der Waals surface area contributed by atoms with Crippen molar-refractivity contribution < 1.29 is 13.6 Å². The van der Waals surface area contributed by atoms with Crippen LogP contribution in [0, 0.1) is 0 Å². The molecule has 1 amide bonds. The fourth-order valence-corrected chi connectivity index (χ4v) is 3.78. The molecule has 0 aromatic carbocycles. The predicted octanol–water partition coefficient (Wildman–Crippen LogP) is 2.82. The third-order valence-corrected chi connectivity index (χ3v) is 5.07. The first-order valence-corrected chi connectivity index (χ1v) is 8.78. The first-order chi connectivity index (χ1) is 11.5. The standard InChI is InChI=1S/C15H17ClF2N4OS/c16-13-2-1-11(24-13)9-20-5-7-21(8-6-20)15(23)12-3-4-22(19-12)10-14(17)18/h1-4,14H,5-10H2. The molecule has 0 atom stereocenters. The quantitative estimate of drug-likeness (QED) is 0.808. The largest absolute Gasteiger partial charge is 0.335 e. The van der Waals surface area contributed by atoms with Crippen molar-refractivity contribution in [3.8, 4) is 0 Å². The van der Waals surface area contributed by atoms with E-state index in [4.69, 9.17) is 11.6 Å². The Balaban J connectivity index is 1.52. The molecule has 1 saturated heterocycles. The number of alkyl halides is 2. The van der Waals surface area contributed by atoms with Gasteiger partial charge in [-0.1, -0.05) is 11.6 Å². The number of hydrogen-bond acceptors (Lipinski definition) is 4. The zero-order valence-electron chi connectivity index (χ0n) is 12.9. The maximum Gasteiger partial charge on any atom is 0.274 e. The van der Waals surface area contributed by atoms with E-state index < -0.39 is 13.0 Å². The van der Waals surface area contributed by atoms with Gasteiger partial charge >= 0.3 is 0 Å². The van der Waals surface area contributed by atoms with Gasteiger partial charge in [-0.15, -0.1) is 11.3 Å². The highest BCUT2D eigenvalue weighted by Gasteiger charge is 2.24. The number of nitrogens with zero attached hydrogens (tertiary/aromatic N) is 4. The average Bonchev–Trinajstić information content (AvgIpc) is 3.16. The average molecular weight is 375 g/mol. The zero-order valence-corrected chi connectivity index (χ0v) is 14.4. The Labute approximate surface area is 147 Å². The lowest BCUT2D eigenvalue weighted by Gasteiger charge is -2.34. The summed E-state index contributed by atoms with van der Waals surface area (Å²) >= 11 is 7.50. The summed E-state index contributed by atoms with van der Waals surface area (Å²) in [5, 5.41) is 3.93. The van der Waals surface area contributed by atoms with Crippen molar-refractivity contribution in [3.05, 3.63) is 39.3 Å². The third kappa shape index (κ3) is 4.31. The summed E-state index contributed by atoms with van der Waals surface area (Å²) in [5.41, 5.74) is 0.217. The molecule has 0 unspecified atom stereocenters. The molecule has 1 aliphatic heterocycles. The van der Waals surface area contributed by atoms with Crippen molar-refractivity contribution in [3.63, 3.8) is 0 Å². The fraction of sp³-hybridized carbons (Fsp3) is 0.467.